The van der Waals surface area contributed by atoms with Crippen LogP contribution in [0.25, 0.3) is 0 Å². The molecule has 1 atom stereocenters. The second-order valence-corrected chi connectivity index (χ2v) is 7.50. The van der Waals surface area contributed by atoms with Crippen molar-refractivity contribution < 1.29 is 9.59 Å². The highest BCUT2D eigenvalue weighted by atomic mass is 16.2. The first-order valence-electron chi connectivity index (χ1n) is 9.88. The lowest BCUT2D eigenvalue weighted by molar-refractivity contribution is -0.128. The van der Waals surface area contributed by atoms with E-state index in [2.05, 4.69) is 40.1 Å². The Morgan fingerprint density at radius 1 is 0.885 bits per heavy atom. The molecular formula is C20H28N4O2. The number of fused-ring (bicyclic) bond motifs is 1. The van der Waals surface area contributed by atoms with Crippen LogP contribution in [-0.2, 0) is 4.79 Å². The molecule has 0 N–H and O–H groups in total. The van der Waals surface area contributed by atoms with Gasteiger partial charge in [-0.05, 0) is 44.4 Å². The average molecular weight is 356 g/mol. The minimum atomic E-state index is -0.159. The summed E-state index contributed by atoms with van der Waals surface area (Å²) in [4.78, 5) is 32.8. The number of para-hydroxylation sites is 1. The standard InChI is InChI=1S/C20H28N4O2/c25-19-18-9-6-12-23(18)20(26)24(19)11-5-4-10-21-13-15-22(16-14-21)17-7-2-1-3-8-17/h1-3,7-8,18H,4-6,9-16H2/t18-/m0/s1. The number of carbonyl (C=O) groups is 2. The maximum absolute atomic E-state index is 12.3. The smallest absolute Gasteiger partial charge is 0.327 e. The number of unbranched alkanes of at least 4 members (excludes halogenated alkanes) is 1. The fraction of sp³-hybridized carbons (Fsp3) is 0.600. The zero-order chi connectivity index (χ0) is 17.9. The third-order valence-electron chi connectivity index (χ3n) is 5.88. The molecule has 1 aromatic rings. The molecule has 3 aliphatic rings. The molecule has 0 spiro atoms. The quantitative estimate of drug-likeness (QED) is 0.578. The van der Waals surface area contributed by atoms with Crippen LogP contribution in [0.4, 0.5) is 10.5 Å². The summed E-state index contributed by atoms with van der Waals surface area (Å²) in [6.45, 7) is 6.64. The summed E-state index contributed by atoms with van der Waals surface area (Å²) >= 11 is 0. The highest BCUT2D eigenvalue weighted by molar-refractivity contribution is 6.04. The summed E-state index contributed by atoms with van der Waals surface area (Å²) in [6.07, 6.45) is 3.74. The lowest BCUT2D eigenvalue weighted by atomic mass is 10.2. The lowest BCUT2D eigenvalue weighted by Gasteiger charge is -2.36. The van der Waals surface area contributed by atoms with Crippen LogP contribution in [0.5, 0.6) is 0 Å². The van der Waals surface area contributed by atoms with E-state index in [0.29, 0.717) is 6.54 Å². The van der Waals surface area contributed by atoms with Crippen LogP contribution < -0.4 is 4.90 Å². The van der Waals surface area contributed by atoms with Crippen LogP contribution in [-0.4, -0.2) is 78.5 Å². The Bertz CT molecular complexity index is 620. The van der Waals surface area contributed by atoms with Crippen molar-refractivity contribution in [3.8, 4) is 0 Å². The van der Waals surface area contributed by atoms with Gasteiger partial charge in [-0.2, -0.15) is 0 Å². The fourth-order valence-corrected chi connectivity index (χ4v) is 4.36. The van der Waals surface area contributed by atoms with E-state index in [4.69, 9.17) is 0 Å². The van der Waals surface area contributed by atoms with Gasteiger partial charge in [0.2, 0.25) is 0 Å². The lowest BCUT2D eigenvalue weighted by Crippen LogP contribution is -2.46. The molecule has 0 unspecified atom stereocenters. The number of hydrogen-bond acceptors (Lipinski definition) is 4. The van der Waals surface area contributed by atoms with Crippen LogP contribution in [0.15, 0.2) is 30.3 Å². The van der Waals surface area contributed by atoms with Crippen LogP contribution in [0, 0.1) is 0 Å². The second kappa shape index (κ2) is 7.66. The SMILES string of the molecule is O=C1[C@@H]2CCCN2C(=O)N1CCCCN1CCN(c2ccccc2)CC1. The Kier molecular flexibility index (Phi) is 5.11. The van der Waals surface area contributed by atoms with Crippen molar-refractivity contribution in [2.75, 3.05) is 50.7 Å². The van der Waals surface area contributed by atoms with Crippen molar-refractivity contribution in [2.45, 2.75) is 31.7 Å². The van der Waals surface area contributed by atoms with Crippen LogP contribution >= 0.6 is 0 Å². The molecule has 0 radical (unpaired) electrons. The highest BCUT2D eigenvalue weighted by Crippen LogP contribution is 2.27. The van der Waals surface area contributed by atoms with E-state index in [1.807, 2.05) is 0 Å². The van der Waals surface area contributed by atoms with Crippen LogP contribution in [0.2, 0.25) is 0 Å². The number of imide groups is 1. The zero-order valence-corrected chi connectivity index (χ0v) is 15.3. The summed E-state index contributed by atoms with van der Waals surface area (Å²) < 4.78 is 0. The average Bonchev–Trinajstić information content (AvgIpc) is 3.25. The van der Waals surface area contributed by atoms with Crippen molar-refractivity contribution in [1.29, 1.82) is 0 Å². The van der Waals surface area contributed by atoms with Gasteiger partial charge in [0, 0.05) is 45.0 Å². The van der Waals surface area contributed by atoms with Gasteiger partial charge in [0.25, 0.3) is 5.91 Å². The Labute approximate surface area is 155 Å². The van der Waals surface area contributed by atoms with E-state index in [9.17, 15) is 9.59 Å². The summed E-state index contributed by atoms with van der Waals surface area (Å²) in [5, 5.41) is 0. The van der Waals surface area contributed by atoms with Gasteiger partial charge in [-0.1, -0.05) is 18.2 Å². The van der Waals surface area contributed by atoms with Crippen molar-refractivity contribution in [2.24, 2.45) is 0 Å². The topological polar surface area (TPSA) is 47.1 Å². The molecular weight excluding hydrogens is 328 g/mol. The van der Waals surface area contributed by atoms with E-state index >= 15 is 0 Å². The van der Waals surface area contributed by atoms with E-state index < -0.39 is 0 Å². The van der Waals surface area contributed by atoms with Crippen LogP contribution in [0.3, 0.4) is 0 Å². The molecule has 6 nitrogen and oxygen atoms in total. The van der Waals surface area contributed by atoms with E-state index in [1.54, 1.807) is 4.90 Å². The number of benzene rings is 1. The molecule has 4 rings (SSSR count). The number of piperazine rings is 1. The van der Waals surface area contributed by atoms with Gasteiger partial charge in [-0.3, -0.25) is 14.6 Å². The number of nitrogens with zero attached hydrogens (tertiary/aromatic N) is 4. The Morgan fingerprint density at radius 2 is 1.62 bits per heavy atom. The second-order valence-electron chi connectivity index (χ2n) is 7.50. The van der Waals surface area contributed by atoms with Crippen LogP contribution in [0.1, 0.15) is 25.7 Å². The maximum Gasteiger partial charge on any atom is 0.327 e. The molecule has 0 aliphatic carbocycles. The summed E-state index contributed by atoms with van der Waals surface area (Å²) in [7, 11) is 0. The predicted molar refractivity (Wildman–Crippen MR) is 101 cm³/mol. The van der Waals surface area contributed by atoms with Crippen molar-refractivity contribution in [1.82, 2.24) is 14.7 Å². The number of rotatable bonds is 6. The molecule has 3 fully saturated rings. The zero-order valence-electron chi connectivity index (χ0n) is 15.3. The van der Waals surface area contributed by atoms with Gasteiger partial charge < -0.3 is 9.80 Å². The maximum atomic E-state index is 12.3. The first kappa shape index (κ1) is 17.3. The third kappa shape index (κ3) is 3.43. The molecule has 0 bridgehead atoms. The van der Waals surface area contributed by atoms with E-state index in [-0.39, 0.29) is 18.0 Å². The Balaban J connectivity index is 1.16. The number of hydrogen-bond donors (Lipinski definition) is 0. The first-order chi connectivity index (χ1) is 12.7. The molecule has 3 aliphatic heterocycles. The first-order valence-corrected chi connectivity index (χ1v) is 9.88. The molecule has 6 heteroatoms. The number of urea groups is 1. The molecule has 3 amide bonds. The van der Waals surface area contributed by atoms with Gasteiger partial charge in [0.15, 0.2) is 0 Å². The molecule has 3 heterocycles. The van der Waals surface area contributed by atoms with E-state index in [1.165, 1.54) is 10.6 Å². The molecule has 26 heavy (non-hydrogen) atoms. The largest absolute Gasteiger partial charge is 0.369 e. The van der Waals surface area contributed by atoms with Gasteiger partial charge in [0.1, 0.15) is 6.04 Å². The molecule has 140 valence electrons. The van der Waals surface area contributed by atoms with Gasteiger partial charge in [0.05, 0.1) is 0 Å². The predicted octanol–water partition coefficient (Wildman–Crippen LogP) is 2.02. The van der Waals surface area contributed by atoms with Crippen molar-refractivity contribution in [3.05, 3.63) is 30.3 Å². The monoisotopic (exact) mass is 356 g/mol. The molecule has 3 saturated heterocycles. The minimum Gasteiger partial charge on any atom is -0.369 e. The fourth-order valence-electron chi connectivity index (χ4n) is 4.36. The third-order valence-corrected chi connectivity index (χ3v) is 5.88. The van der Waals surface area contributed by atoms with Crippen molar-refractivity contribution >= 4 is 17.6 Å². The summed E-state index contributed by atoms with van der Waals surface area (Å²) in [5.74, 6) is 0.0315. The van der Waals surface area contributed by atoms with Gasteiger partial charge >= 0.3 is 6.03 Å². The minimum absolute atomic E-state index is 0.0315. The molecule has 1 aromatic carbocycles. The van der Waals surface area contributed by atoms with E-state index in [0.717, 1.165) is 65.0 Å². The molecule has 0 saturated carbocycles. The summed E-state index contributed by atoms with van der Waals surface area (Å²) in [6, 6.07) is 10.4. The normalized spacial score (nSPS) is 23.8. The Hall–Kier alpha value is -2.08. The summed E-state index contributed by atoms with van der Waals surface area (Å²) in [5.41, 5.74) is 1.30. The number of anilines is 1. The van der Waals surface area contributed by atoms with Gasteiger partial charge in [-0.15, -0.1) is 0 Å². The highest BCUT2D eigenvalue weighted by Gasteiger charge is 2.46. The van der Waals surface area contributed by atoms with Crippen molar-refractivity contribution in [3.63, 3.8) is 0 Å². The number of amides is 3. The number of carbonyl (C=O) groups excluding carboxylic acids is 2. The van der Waals surface area contributed by atoms with Gasteiger partial charge in [-0.25, -0.2) is 4.79 Å². The Morgan fingerprint density at radius 3 is 2.35 bits per heavy atom. The molecule has 0 aromatic heterocycles.